The summed E-state index contributed by atoms with van der Waals surface area (Å²) in [5.74, 6) is 0.216. The largest absolute Gasteiger partial charge is 0.435 e. The van der Waals surface area contributed by atoms with Crippen molar-refractivity contribution < 1.29 is 18.0 Å². The van der Waals surface area contributed by atoms with Gasteiger partial charge in [-0.2, -0.15) is 18.3 Å². The van der Waals surface area contributed by atoms with E-state index in [1.54, 1.807) is 19.1 Å². The number of alkyl halides is 3. The molecule has 6 nitrogen and oxygen atoms in total. The van der Waals surface area contributed by atoms with Crippen LogP contribution in [-0.2, 0) is 17.5 Å². The maximum Gasteiger partial charge on any atom is 0.435 e. The fraction of sp³-hybridized carbons (Fsp3) is 0.471. The van der Waals surface area contributed by atoms with E-state index >= 15 is 0 Å². The van der Waals surface area contributed by atoms with Gasteiger partial charge in [0.05, 0.1) is 5.69 Å². The van der Waals surface area contributed by atoms with Gasteiger partial charge in [0.2, 0.25) is 5.91 Å². The summed E-state index contributed by atoms with van der Waals surface area (Å²) in [4.78, 5) is 16.3. The minimum Gasteiger partial charge on any atom is -0.383 e. The first kappa shape index (κ1) is 18.2. The minimum atomic E-state index is -4.54. The smallest absolute Gasteiger partial charge is 0.383 e. The molecule has 1 aliphatic carbocycles. The van der Waals surface area contributed by atoms with Gasteiger partial charge in [-0.05, 0) is 38.0 Å². The second-order valence-corrected chi connectivity index (χ2v) is 6.33. The molecule has 0 radical (unpaired) electrons. The van der Waals surface area contributed by atoms with Crippen LogP contribution in [0, 0.1) is 5.92 Å². The molecule has 26 heavy (non-hydrogen) atoms. The van der Waals surface area contributed by atoms with Crippen molar-refractivity contribution in [3.05, 3.63) is 23.9 Å². The molecule has 9 heteroatoms. The summed E-state index contributed by atoms with van der Waals surface area (Å²) in [5.41, 5.74) is 5.54. The zero-order valence-corrected chi connectivity index (χ0v) is 14.3. The standard InChI is InChI=1S/C17H20F3N5O/c1-2-25-12(9-13(24-25)17(18,19)20)11-7-8-14(22-15(11)21)23-16(26)10-5-3-4-6-10/h7-10H,2-6H2,1H3,(H3,21,22,23,26). The van der Waals surface area contributed by atoms with Gasteiger partial charge in [0, 0.05) is 18.0 Å². The van der Waals surface area contributed by atoms with Gasteiger partial charge >= 0.3 is 6.18 Å². The zero-order valence-electron chi connectivity index (χ0n) is 14.3. The molecular formula is C17H20F3N5O. The van der Waals surface area contributed by atoms with E-state index < -0.39 is 11.9 Å². The molecule has 0 aromatic carbocycles. The summed E-state index contributed by atoms with van der Waals surface area (Å²) in [6.07, 6.45) is -0.749. The molecule has 140 valence electrons. The van der Waals surface area contributed by atoms with E-state index in [9.17, 15) is 18.0 Å². The molecule has 0 unspecified atom stereocenters. The third-order valence-corrected chi connectivity index (χ3v) is 4.55. The first-order chi connectivity index (χ1) is 12.3. The van der Waals surface area contributed by atoms with E-state index in [2.05, 4.69) is 15.4 Å². The van der Waals surface area contributed by atoms with Crippen molar-refractivity contribution in [2.24, 2.45) is 5.92 Å². The van der Waals surface area contributed by atoms with Crippen molar-refractivity contribution in [3.8, 4) is 11.3 Å². The van der Waals surface area contributed by atoms with Crippen LogP contribution >= 0.6 is 0 Å². The Labute approximate surface area is 148 Å². The number of aromatic nitrogens is 3. The van der Waals surface area contributed by atoms with Gasteiger partial charge in [-0.25, -0.2) is 4.98 Å². The van der Waals surface area contributed by atoms with E-state index in [4.69, 9.17) is 5.73 Å². The van der Waals surface area contributed by atoms with Crippen molar-refractivity contribution in [1.29, 1.82) is 0 Å². The second-order valence-electron chi connectivity index (χ2n) is 6.33. The van der Waals surface area contributed by atoms with E-state index in [1.807, 2.05) is 0 Å². The molecular weight excluding hydrogens is 347 g/mol. The molecule has 1 amide bonds. The third kappa shape index (κ3) is 3.66. The van der Waals surface area contributed by atoms with Gasteiger partial charge in [-0.1, -0.05) is 12.8 Å². The Morgan fingerprint density at radius 1 is 1.35 bits per heavy atom. The Morgan fingerprint density at radius 3 is 2.62 bits per heavy atom. The van der Waals surface area contributed by atoms with Crippen LogP contribution in [-0.4, -0.2) is 20.7 Å². The highest BCUT2D eigenvalue weighted by Gasteiger charge is 2.35. The maximum atomic E-state index is 12.9. The van der Waals surface area contributed by atoms with Crippen molar-refractivity contribution in [1.82, 2.24) is 14.8 Å². The van der Waals surface area contributed by atoms with E-state index in [0.717, 1.165) is 31.7 Å². The van der Waals surface area contributed by atoms with Crippen molar-refractivity contribution in [2.75, 3.05) is 11.1 Å². The average molecular weight is 367 g/mol. The number of aryl methyl sites for hydroxylation is 1. The lowest BCUT2D eigenvalue weighted by atomic mass is 10.1. The zero-order chi connectivity index (χ0) is 18.9. The number of nitrogens with zero attached hydrogens (tertiary/aromatic N) is 3. The Kier molecular flexibility index (Phi) is 4.88. The second kappa shape index (κ2) is 6.97. The first-order valence-electron chi connectivity index (χ1n) is 8.52. The maximum absolute atomic E-state index is 12.9. The molecule has 1 fully saturated rings. The van der Waals surface area contributed by atoms with Gasteiger partial charge in [0.15, 0.2) is 5.69 Å². The molecule has 2 heterocycles. The molecule has 0 spiro atoms. The molecule has 1 aliphatic rings. The molecule has 0 atom stereocenters. The summed E-state index contributed by atoms with van der Waals surface area (Å²) < 4.78 is 40.0. The Balaban J connectivity index is 1.86. The van der Waals surface area contributed by atoms with E-state index in [0.29, 0.717) is 11.4 Å². The molecule has 0 aliphatic heterocycles. The van der Waals surface area contributed by atoms with E-state index in [1.165, 1.54) is 4.68 Å². The van der Waals surface area contributed by atoms with Crippen LogP contribution in [0.2, 0.25) is 0 Å². The summed E-state index contributed by atoms with van der Waals surface area (Å²) in [5, 5.41) is 6.31. The lowest BCUT2D eigenvalue weighted by Gasteiger charge is -2.12. The Bertz CT molecular complexity index is 809. The van der Waals surface area contributed by atoms with Crippen LogP contribution in [0.5, 0.6) is 0 Å². The summed E-state index contributed by atoms with van der Waals surface area (Å²) in [6, 6.07) is 4.04. The van der Waals surface area contributed by atoms with Crippen molar-refractivity contribution in [3.63, 3.8) is 0 Å². The molecule has 3 rings (SSSR count). The predicted molar refractivity (Wildman–Crippen MR) is 91.1 cm³/mol. The van der Waals surface area contributed by atoms with Crippen molar-refractivity contribution in [2.45, 2.75) is 45.3 Å². The number of amides is 1. The number of halogens is 3. The van der Waals surface area contributed by atoms with Crippen LogP contribution in [0.25, 0.3) is 11.3 Å². The number of pyridine rings is 1. The highest BCUT2D eigenvalue weighted by molar-refractivity contribution is 5.92. The lowest BCUT2D eigenvalue weighted by Crippen LogP contribution is -2.21. The van der Waals surface area contributed by atoms with Crippen LogP contribution in [0.3, 0.4) is 0 Å². The number of hydrogen-bond donors (Lipinski definition) is 2. The average Bonchev–Trinajstić information content (AvgIpc) is 3.24. The molecule has 3 N–H and O–H groups in total. The Hall–Kier alpha value is -2.58. The van der Waals surface area contributed by atoms with Gasteiger partial charge in [0.1, 0.15) is 11.6 Å². The van der Waals surface area contributed by atoms with Gasteiger partial charge in [-0.15, -0.1) is 0 Å². The predicted octanol–water partition coefficient (Wildman–Crippen LogP) is 3.69. The number of anilines is 2. The summed E-state index contributed by atoms with van der Waals surface area (Å²) in [7, 11) is 0. The van der Waals surface area contributed by atoms with Gasteiger partial charge < -0.3 is 11.1 Å². The molecule has 0 bridgehead atoms. The van der Waals surface area contributed by atoms with Gasteiger partial charge in [0.25, 0.3) is 0 Å². The number of rotatable bonds is 4. The normalized spacial score (nSPS) is 15.4. The lowest BCUT2D eigenvalue weighted by molar-refractivity contribution is -0.141. The monoisotopic (exact) mass is 367 g/mol. The van der Waals surface area contributed by atoms with Gasteiger partial charge in [-0.3, -0.25) is 9.48 Å². The molecule has 1 saturated carbocycles. The summed E-state index contributed by atoms with van der Waals surface area (Å²) >= 11 is 0. The molecule has 0 saturated heterocycles. The minimum absolute atomic E-state index is 0.0198. The number of carbonyl (C=O) groups is 1. The topological polar surface area (TPSA) is 85.8 Å². The molecule has 2 aromatic heterocycles. The number of hydrogen-bond acceptors (Lipinski definition) is 4. The van der Waals surface area contributed by atoms with Crippen LogP contribution < -0.4 is 11.1 Å². The molecule has 2 aromatic rings. The fourth-order valence-corrected chi connectivity index (χ4v) is 3.19. The number of carbonyl (C=O) groups excluding carboxylic acids is 1. The van der Waals surface area contributed by atoms with Crippen LogP contribution in [0.15, 0.2) is 18.2 Å². The quantitative estimate of drug-likeness (QED) is 0.863. The van der Waals surface area contributed by atoms with Crippen molar-refractivity contribution >= 4 is 17.5 Å². The van der Waals surface area contributed by atoms with Crippen LogP contribution in [0.4, 0.5) is 24.8 Å². The fourth-order valence-electron chi connectivity index (χ4n) is 3.19. The van der Waals surface area contributed by atoms with Crippen LogP contribution in [0.1, 0.15) is 38.3 Å². The number of nitrogens with one attached hydrogen (secondary N) is 1. The number of nitrogen functional groups attached to an aromatic ring is 1. The highest BCUT2D eigenvalue weighted by Crippen LogP contribution is 2.34. The highest BCUT2D eigenvalue weighted by atomic mass is 19.4. The third-order valence-electron chi connectivity index (χ3n) is 4.55. The Morgan fingerprint density at radius 2 is 2.04 bits per heavy atom. The van der Waals surface area contributed by atoms with E-state index in [-0.39, 0.29) is 29.9 Å². The summed E-state index contributed by atoms with van der Waals surface area (Å²) in [6.45, 7) is 1.95. The first-order valence-corrected chi connectivity index (χ1v) is 8.52. The SMILES string of the molecule is CCn1nc(C(F)(F)F)cc1-c1ccc(NC(=O)C2CCCC2)nc1N. The number of nitrogens with two attached hydrogens (primary N) is 1.